The molecule has 0 atom stereocenters. The zero-order valence-electron chi connectivity index (χ0n) is 9.99. The van der Waals surface area contributed by atoms with Gasteiger partial charge in [0.2, 0.25) is 0 Å². The second-order valence-corrected chi connectivity index (χ2v) is 6.56. The van der Waals surface area contributed by atoms with Crippen LogP contribution in [-0.2, 0) is 4.79 Å². The number of carbonyl (C=O) groups is 1. The SMILES string of the molecule is O=C1NC(=S)S/C1=C\c1csc(-c2cccc(O)c2)n1. The molecule has 20 heavy (non-hydrogen) atoms. The van der Waals surface area contributed by atoms with E-state index in [-0.39, 0.29) is 11.7 Å². The number of thiocarbonyl (C=S) groups is 1. The van der Waals surface area contributed by atoms with Crippen LogP contribution in [0.25, 0.3) is 16.6 Å². The zero-order chi connectivity index (χ0) is 14.1. The predicted octanol–water partition coefficient (Wildman–Crippen LogP) is 3.00. The number of thioether (sulfide) groups is 1. The lowest BCUT2D eigenvalue weighted by Crippen LogP contribution is -2.17. The topological polar surface area (TPSA) is 62.2 Å². The molecule has 2 N–H and O–H groups in total. The molecule has 4 nitrogen and oxygen atoms in total. The summed E-state index contributed by atoms with van der Waals surface area (Å²) in [7, 11) is 0. The summed E-state index contributed by atoms with van der Waals surface area (Å²) in [6.07, 6.45) is 1.71. The maximum absolute atomic E-state index is 11.6. The van der Waals surface area contributed by atoms with Gasteiger partial charge < -0.3 is 10.4 Å². The second kappa shape index (κ2) is 5.35. The summed E-state index contributed by atoms with van der Waals surface area (Å²) in [6.45, 7) is 0. The first-order valence-electron chi connectivity index (χ1n) is 5.61. The van der Waals surface area contributed by atoms with Crippen LogP contribution >= 0.6 is 35.3 Å². The Morgan fingerprint density at radius 2 is 2.25 bits per heavy atom. The van der Waals surface area contributed by atoms with Crippen LogP contribution in [0, 0.1) is 0 Å². The number of benzene rings is 1. The lowest BCUT2D eigenvalue weighted by Gasteiger charge is -1.96. The maximum atomic E-state index is 11.6. The molecular weight excluding hydrogens is 312 g/mol. The van der Waals surface area contributed by atoms with Gasteiger partial charge in [-0.2, -0.15) is 0 Å². The standard InChI is InChI=1S/C13H8N2O2S3/c16-9-3-1-2-7(4-9)12-14-8(6-19-12)5-10-11(17)15-13(18)20-10/h1-6,16H,(H,15,17,18)/b10-5-. The van der Waals surface area contributed by atoms with Gasteiger partial charge in [0.25, 0.3) is 5.91 Å². The average Bonchev–Trinajstić information content (AvgIpc) is 2.97. The number of rotatable bonds is 2. The first kappa shape index (κ1) is 13.3. The summed E-state index contributed by atoms with van der Waals surface area (Å²) in [6, 6.07) is 6.91. The van der Waals surface area contributed by atoms with Crippen molar-refractivity contribution in [1.29, 1.82) is 0 Å². The molecule has 0 aliphatic carbocycles. The monoisotopic (exact) mass is 320 g/mol. The van der Waals surface area contributed by atoms with Gasteiger partial charge in [-0.15, -0.1) is 11.3 Å². The van der Waals surface area contributed by atoms with E-state index in [1.54, 1.807) is 24.3 Å². The first-order valence-corrected chi connectivity index (χ1v) is 7.72. The number of aromatic hydroxyl groups is 1. The largest absolute Gasteiger partial charge is 0.508 e. The molecule has 7 heteroatoms. The van der Waals surface area contributed by atoms with Crippen LogP contribution in [0.1, 0.15) is 5.69 Å². The highest BCUT2D eigenvalue weighted by molar-refractivity contribution is 8.26. The fraction of sp³-hybridized carbons (Fsp3) is 0. The molecule has 0 saturated carbocycles. The smallest absolute Gasteiger partial charge is 0.263 e. The molecule has 1 aromatic heterocycles. The summed E-state index contributed by atoms with van der Waals surface area (Å²) in [5.74, 6) is 0.0144. The molecule has 1 aliphatic heterocycles. The number of thiazole rings is 1. The quantitative estimate of drug-likeness (QED) is 0.658. The van der Waals surface area contributed by atoms with Gasteiger partial charge in [-0.25, -0.2) is 4.98 Å². The van der Waals surface area contributed by atoms with Crippen LogP contribution in [0.15, 0.2) is 34.6 Å². The lowest BCUT2D eigenvalue weighted by atomic mass is 10.2. The van der Waals surface area contributed by atoms with Crippen molar-refractivity contribution in [3.8, 4) is 16.3 Å². The van der Waals surface area contributed by atoms with E-state index in [0.717, 1.165) is 10.6 Å². The van der Waals surface area contributed by atoms with E-state index in [9.17, 15) is 9.90 Å². The summed E-state index contributed by atoms with van der Waals surface area (Å²) < 4.78 is 0.463. The third-order valence-corrected chi connectivity index (χ3v) is 4.61. The summed E-state index contributed by atoms with van der Waals surface area (Å²) >= 11 is 7.62. The number of hydrogen-bond donors (Lipinski definition) is 2. The van der Waals surface area contributed by atoms with Gasteiger partial charge in [0, 0.05) is 10.9 Å². The highest BCUT2D eigenvalue weighted by atomic mass is 32.2. The van der Waals surface area contributed by atoms with Crippen molar-refractivity contribution in [3.63, 3.8) is 0 Å². The van der Waals surface area contributed by atoms with E-state index >= 15 is 0 Å². The Kier molecular flexibility index (Phi) is 3.56. The molecular formula is C13H8N2O2S3. The highest BCUT2D eigenvalue weighted by Gasteiger charge is 2.22. The van der Waals surface area contributed by atoms with Crippen molar-refractivity contribution in [2.24, 2.45) is 0 Å². The van der Waals surface area contributed by atoms with Gasteiger partial charge in [0.05, 0.1) is 10.6 Å². The molecule has 1 amide bonds. The van der Waals surface area contributed by atoms with Gasteiger partial charge in [-0.3, -0.25) is 4.79 Å². The van der Waals surface area contributed by atoms with Crippen molar-refractivity contribution in [2.45, 2.75) is 0 Å². The molecule has 2 heterocycles. The van der Waals surface area contributed by atoms with Gasteiger partial charge >= 0.3 is 0 Å². The van der Waals surface area contributed by atoms with Crippen LogP contribution < -0.4 is 5.32 Å². The lowest BCUT2D eigenvalue weighted by molar-refractivity contribution is -0.115. The highest BCUT2D eigenvalue weighted by Crippen LogP contribution is 2.29. The van der Waals surface area contributed by atoms with Crippen LogP contribution in [0.2, 0.25) is 0 Å². The Balaban J connectivity index is 1.89. The zero-order valence-corrected chi connectivity index (χ0v) is 12.4. The third kappa shape index (κ3) is 2.74. The molecule has 1 aromatic carbocycles. The number of nitrogens with zero attached hydrogens (tertiary/aromatic N) is 1. The molecule has 100 valence electrons. The fourth-order valence-corrected chi connectivity index (χ4v) is 3.48. The Labute approximate surface area is 128 Å². The molecule has 2 aromatic rings. The van der Waals surface area contributed by atoms with Gasteiger partial charge in [-0.05, 0) is 18.2 Å². The summed E-state index contributed by atoms with van der Waals surface area (Å²) in [5.41, 5.74) is 1.55. The van der Waals surface area contributed by atoms with Crippen molar-refractivity contribution >= 4 is 51.6 Å². The molecule has 0 radical (unpaired) electrons. The van der Waals surface area contributed by atoms with Crippen molar-refractivity contribution in [2.75, 3.05) is 0 Å². The van der Waals surface area contributed by atoms with Gasteiger partial charge in [0.15, 0.2) is 0 Å². The number of phenols is 1. The minimum atomic E-state index is -0.188. The minimum Gasteiger partial charge on any atom is -0.508 e. The number of nitrogens with one attached hydrogen (secondary N) is 1. The summed E-state index contributed by atoms with van der Waals surface area (Å²) in [5, 5.41) is 14.7. The van der Waals surface area contributed by atoms with Crippen LogP contribution in [0.3, 0.4) is 0 Å². The fourth-order valence-electron chi connectivity index (χ4n) is 1.68. The van der Waals surface area contributed by atoms with E-state index in [0.29, 0.717) is 14.9 Å². The van der Waals surface area contributed by atoms with E-state index in [2.05, 4.69) is 10.3 Å². The second-order valence-electron chi connectivity index (χ2n) is 3.98. The van der Waals surface area contributed by atoms with Crippen molar-refractivity contribution < 1.29 is 9.90 Å². The molecule has 3 rings (SSSR count). The van der Waals surface area contributed by atoms with Gasteiger partial charge in [0.1, 0.15) is 15.1 Å². The maximum Gasteiger partial charge on any atom is 0.263 e. The van der Waals surface area contributed by atoms with E-state index < -0.39 is 0 Å². The van der Waals surface area contributed by atoms with Crippen molar-refractivity contribution in [1.82, 2.24) is 10.3 Å². The Bertz CT molecular complexity index is 737. The minimum absolute atomic E-state index is 0.188. The number of carbonyl (C=O) groups excluding carboxylic acids is 1. The number of aromatic nitrogens is 1. The summed E-state index contributed by atoms with van der Waals surface area (Å²) in [4.78, 5) is 16.5. The molecule has 0 spiro atoms. The van der Waals surface area contributed by atoms with Gasteiger partial charge in [-0.1, -0.05) is 36.1 Å². The van der Waals surface area contributed by atoms with E-state index in [1.807, 2.05) is 11.4 Å². The predicted molar refractivity (Wildman–Crippen MR) is 85.5 cm³/mol. The Morgan fingerprint density at radius 3 is 2.95 bits per heavy atom. The number of phenolic OH excluding ortho intramolecular Hbond substituents is 1. The first-order chi connectivity index (χ1) is 9.61. The number of hydrogen-bond acceptors (Lipinski definition) is 6. The molecule has 1 saturated heterocycles. The third-order valence-electron chi connectivity index (χ3n) is 2.54. The van der Waals surface area contributed by atoms with E-state index in [4.69, 9.17) is 12.2 Å². The number of amides is 1. The Hall–Kier alpha value is -1.70. The average molecular weight is 320 g/mol. The molecule has 0 bridgehead atoms. The Morgan fingerprint density at radius 1 is 1.40 bits per heavy atom. The van der Waals surface area contributed by atoms with Crippen LogP contribution in [-0.4, -0.2) is 20.3 Å². The molecule has 0 unspecified atom stereocenters. The molecule has 1 fully saturated rings. The van der Waals surface area contributed by atoms with E-state index in [1.165, 1.54) is 23.1 Å². The van der Waals surface area contributed by atoms with Crippen molar-refractivity contribution in [3.05, 3.63) is 40.2 Å². The molecule has 1 aliphatic rings. The van der Waals surface area contributed by atoms with Crippen LogP contribution in [0.4, 0.5) is 0 Å². The normalized spacial score (nSPS) is 16.7. The van der Waals surface area contributed by atoms with Crippen LogP contribution in [0.5, 0.6) is 5.75 Å².